The second kappa shape index (κ2) is 3.00. The molecule has 0 aliphatic heterocycles. The largest absolute Gasteiger partial charge is 0.378 e. The standard InChI is InChI=1S/C10H12N2S/c1-7-11-9-5-4-8(12(2)3)6-10(9)13-7/h4-6H,1-3H3. The van der Waals surface area contributed by atoms with Crippen molar-refractivity contribution < 1.29 is 0 Å². The number of aryl methyl sites for hydroxylation is 1. The first-order chi connectivity index (χ1) is 6.16. The summed E-state index contributed by atoms with van der Waals surface area (Å²) in [6.07, 6.45) is 0. The van der Waals surface area contributed by atoms with Crippen LogP contribution in [-0.2, 0) is 0 Å². The first-order valence-corrected chi connectivity index (χ1v) is 5.03. The summed E-state index contributed by atoms with van der Waals surface area (Å²) in [4.78, 5) is 6.52. The van der Waals surface area contributed by atoms with Crippen LogP contribution in [-0.4, -0.2) is 19.1 Å². The number of nitrogens with zero attached hydrogens (tertiary/aromatic N) is 2. The highest BCUT2D eigenvalue weighted by atomic mass is 32.1. The molecule has 13 heavy (non-hydrogen) atoms. The molecule has 1 aromatic carbocycles. The van der Waals surface area contributed by atoms with Crippen LogP contribution in [0, 0.1) is 6.92 Å². The second-order valence-corrected chi connectivity index (χ2v) is 4.51. The van der Waals surface area contributed by atoms with Gasteiger partial charge in [0.1, 0.15) is 0 Å². The van der Waals surface area contributed by atoms with Gasteiger partial charge in [-0.25, -0.2) is 4.98 Å². The number of hydrogen-bond donors (Lipinski definition) is 0. The first kappa shape index (κ1) is 8.51. The molecule has 0 amide bonds. The lowest BCUT2D eigenvalue weighted by molar-refractivity contribution is 1.14. The van der Waals surface area contributed by atoms with Gasteiger partial charge in [-0.15, -0.1) is 11.3 Å². The quantitative estimate of drug-likeness (QED) is 0.690. The molecule has 0 fully saturated rings. The zero-order valence-electron chi connectivity index (χ0n) is 8.03. The van der Waals surface area contributed by atoms with Crippen molar-refractivity contribution >= 4 is 27.2 Å². The molecule has 0 spiro atoms. The minimum atomic E-state index is 1.10. The van der Waals surface area contributed by atoms with E-state index >= 15 is 0 Å². The normalized spacial score (nSPS) is 10.7. The average molecular weight is 192 g/mol. The van der Waals surface area contributed by atoms with Gasteiger partial charge in [0.05, 0.1) is 15.2 Å². The van der Waals surface area contributed by atoms with Crippen LogP contribution in [0.5, 0.6) is 0 Å². The summed E-state index contributed by atoms with van der Waals surface area (Å²) >= 11 is 1.75. The van der Waals surface area contributed by atoms with Gasteiger partial charge in [-0.3, -0.25) is 0 Å². The minimum absolute atomic E-state index is 1.10. The number of thiazole rings is 1. The number of fused-ring (bicyclic) bond motifs is 1. The van der Waals surface area contributed by atoms with Crippen molar-refractivity contribution in [3.63, 3.8) is 0 Å². The Morgan fingerprint density at radius 2 is 2.08 bits per heavy atom. The number of aromatic nitrogens is 1. The first-order valence-electron chi connectivity index (χ1n) is 4.21. The molecule has 2 rings (SSSR count). The lowest BCUT2D eigenvalue weighted by atomic mass is 10.3. The van der Waals surface area contributed by atoms with E-state index in [1.54, 1.807) is 11.3 Å². The van der Waals surface area contributed by atoms with Crippen molar-refractivity contribution in [2.24, 2.45) is 0 Å². The fraction of sp³-hybridized carbons (Fsp3) is 0.300. The molecule has 3 heteroatoms. The molecular weight excluding hydrogens is 180 g/mol. The van der Waals surface area contributed by atoms with Gasteiger partial charge < -0.3 is 4.90 Å². The second-order valence-electron chi connectivity index (χ2n) is 3.28. The highest BCUT2D eigenvalue weighted by Crippen LogP contribution is 2.25. The lowest BCUT2D eigenvalue weighted by Crippen LogP contribution is -2.07. The summed E-state index contributed by atoms with van der Waals surface area (Å²) in [7, 11) is 4.10. The van der Waals surface area contributed by atoms with Crippen molar-refractivity contribution in [1.29, 1.82) is 0 Å². The van der Waals surface area contributed by atoms with Crippen LogP contribution in [0.3, 0.4) is 0 Å². The molecule has 0 bridgehead atoms. The Morgan fingerprint density at radius 1 is 1.31 bits per heavy atom. The molecule has 2 aromatic rings. The Hall–Kier alpha value is -1.09. The van der Waals surface area contributed by atoms with Gasteiger partial charge in [-0.2, -0.15) is 0 Å². The van der Waals surface area contributed by atoms with Crippen molar-refractivity contribution in [2.75, 3.05) is 19.0 Å². The van der Waals surface area contributed by atoms with Crippen LogP contribution < -0.4 is 4.90 Å². The topological polar surface area (TPSA) is 16.1 Å². The maximum absolute atomic E-state index is 4.41. The molecule has 0 atom stereocenters. The lowest BCUT2D eigenvalue weighted by Gasteiger charge is -2.11. The molecule has 68 valence electrons. The number of hydrogen-bond acceptors (Lipinski definition) is 3. The predicted octanol–water partition coefficient (Wildman–Crippen LogP) is 2.67. The Balaban J connectivity index is 2.61. The fourth-order valence-corrected chi connectivity index (χ4v) is 2.17. The summed E-state index contributed by atoms with van der Waals surface area (Å²) in [5, 5.41) is 1.13. The molecule has 0 aliphatic rings. The van der Waals surface area contributed by atoms with Crippen LogP contribution in [0.25, 0.3) is 10.2 Å². The van der Waals surface area contributed by atoms with Crippen molar-refractivity contribution in [3.8, 4) is 0 Å². The third-order valence-electron chi connectivity index (χ3n) is 2.00. The Bertz CT molecular complexity index is 431. The molecule has 0 saturated carbocycles. The molecular formula is C10H12N2S. The zero-order chi connectivity index (χ0) is 9.42. The summed E-state index contributed by atoms with van der Waals surface area (Å²) in [5.41, 5.74) is 2.34. The van der Waals surface area contributed by atoms with Crippen molar-refractivity contribution in [1.82, 2.24) is 4.98 Å². The highest BCUT2D eigenvalue weighted by Gasteiger charge is 2.01. The average Bonchev–Trinajstić information content (AvgIpc) is 2.42. The maximum atomic E-state index is 4.41. The summed E-state index contributed by atoms with van der Waals surface area (Å²) < 4.78 is 1.27. The number of benzene rings is 1. The van der Waals surface area contributed by atoms with Crippen LogP contribution >= 0.6 is 11.3 Å². The molecule has 0 saturated heterocycles. The van der Waals surface area contributed by atoms with E-state index in [0.717, 1.165) is 10.5 Å². The van der Waals surface area contributed by atoms with E-state index in [1.807, 2.05) is 6.92 Å². The van der Waals surface area contributed by atoms with Gasteiger partial charge in [-0.1, -0.05) is 0 Å². The predicted molar refractivity (Wildman–Crippen MR) is 58.7 cm³/mol. The molecule has 1 heterocycles. The van der Waals surface area contributed by atoms with E-state index in [1.165, 1.54) is 10.4 Å². The van der Waals surface area contributed by atoms with Crippen LogP contribution in [0.2, 0.25) is 0 Å². The Morgan fingerprint density at radius 3 is 2.77 bits per heavy atom. The Labute approximate surface area is 81.8 Å². The highest BCUT2D eigenvalue weighted by molar-refractivity contribution is 7.18. The van der Waals surface area contributed by atoms with Crippen LogP contribution in [0.4, 0.5) is 5.69 Å². The van der Waals surface area contributed by atoms with E-state index in [0.29, 0.717) is 0 Å². The summed E-state index contributed by atoms with van der Waals surface area (Å²) in [5.74, 6) is 0. The van der Waals surface area contributed by atoms with Gasteiger partial charge in [0.25, 0.3) is 0 Å². The third kappa shape index (κ3) is 1.52. The van der Waals surface area contributed by atoms with Crippen molar-refractivity contribution in [3.05, 3.63) is 23.2 Å². The summed E-state index contributed by atoms with van der Waals surface area (Å²) in [6, 6.07) is 6.36. The third-order valence-corrected chi connectivity index (χ3v) is 2.93. The molecule has 1 aromatic heterocycles. The van der Waals surface area contributed by atoms with E-state index < -0.39 is 0 Å². The Kier molecular flexibility index (Phi) is 1.96. The van der Waals surface area contributed by atoms with E-state index in [-0.39, 0.29) is 0 Å². The van der Waals surface area contributed by atoms with Crippen LogP contribution in [0.1, 0.15) is 5.01 Å². The van der Waals surface area contributed by atoms with Gasteiger partial charge in [-0.05, 0) is 25.1 Å². The molecule has 0 unspecified atom stereocenters. The minimum Gasteiger partial charge on any atom is -0.378 e. The van der Waals surface area contributed by atoms with Gasteiger partial charge in [0.2, 0.25) is 0 Å². The number of anilines is 1. The van der Waals surface area contributed by atoms with E-state index in [4.69, 9.17) is 0 Å². The smallest absolute Gasteiger partial charge is 0.0907 e. The van der Waals surface area contributed by atoms with E-state index in [2.05, 4.69) is 42.2 Å². The van der Waals surface area contributed by atoms with Crippen molar-refractivity contribution in [2.45, 2.75) is 6.92 Å². The molecule has 0 N–H and O–H groups in total. The molecule has 0 radical (unpaired) electrons. The van der Waals surface area contributed by atoms with Crippen LogP contribution in [0.15, 0.2) is 18.2 Å². The SMILES string of the molecule is Cc1nc2ccc(N(C)C)cc2s1. The molecule has 2 nitrogen and oxygen atoms in total. The zero-order valence-corrected chi connectivity index (χ0v) is 8.85. The van der Waals surface area contributed by atoms with Gasteiger partial charge >= 0.3 is 0 Å². The summed E-state index contributed by atoms with van der Waals surface area (Å²) in [6.45, 7) is 2.04. The number of rotatable bonds is 1. The maximum Gasteiger partial charge on any atom is 0.0907 e. The fourth-order valence-electron chi connectivity index (χ4n) is 1.31. The molecule has 0 aliphatic carbocycles. The van der Waals surface area contributed by atoms with Gasteiger partial charge in [0, 0.05) is 19.8 Å². The van der Waals surface area contributed by atoms with E-state index in [9.17, 15) is 0 Å². The monoisotopic (exact) mass is 192 g/mol. The van der Waals surface area contributed by atoms with Gasteiger partial charge in [0.15, 0.2) is 0 Å².